The minimum Gasteiger partial charge on any atom is -0.283 e. The van der Waals surface area contributed by atoms with Gasteiger partial charge in [-0.25, -0.2) is 0 Å². The first-order valence-corrected chi connectivity index (χ1v) is 5.33. The predicted octanol–water partition coefficient (Wildman–Crippen LogP) is 2.33. The summed E-state index contributed by atoms with van der Waals surface area (Å²) in [5, 5.41) is 8.83. The van der Waals surface area contributed by atoms with Crippen LogP contribution in [-0.2, 0) is 0 Å². The number of hydrogen-bond acceptors (Lipinski definition) is 2. The van der Waals surface area contributed by atoms with Crippen molar-refractivity contribution < 1.29 is 0 Å². The Morgan fingerprint density at radius 2 is 1.94 bits per heavy atom. The molecule has 0 amide bonds. The summed E-state index contributed by atoms with van der Waals surface area (Å²) < 4.78 is 1.49. The van der Waals surface area contributed by atoms with Gasteiger partial charge in [-0.15, -0.1) is 0 Å². The lowest BCUT2D eigenvalue weighted by molar-refractivity contribution is 0.978. The van der Waals surface area contributed by atoms with Crippen LogP contribution in [0.1, 0.15) is 16.7 Å². The monoisotopic (exact) mass is 224 g/mol. The van der Waals surface area contributed by atoms with Gasteiger partial charge >= 0.3 is 0 Å². The summed E-state index contributed by atoms with van der Waals surface area (Å²) in [5.74, 6) is 0. The summed E-state index contributed by atoms with van der Waals surface area (Å²) in [6, 6.07) is 10.9. The average Bonchev–Trinajstić information content (AvgIpc) is 2.33. The third-order valence-corrected chi connectivity index (χ3v) is 2.84. The molecule has 0 atom stereocenters. The van der Waals surface area contributed by atoms with Gasteiger partial charge in [-0.1, -0.05) is 6.07 Å². The van der Waals surface area contributed by atoms with Crippen LogP contribution in [0.3, 0.4) is 0 Å². The zero-order valence-electron chi connectivity index (χ0n) is 9.77. The Labute approximate surface area is 99.6 Å². The second-order valence-corrected chi connectivity index (χ2v) is 3.98. The van der Waals surface area contributed by atoms with E-state index in [9.17, 15) is 4.79 Å². The smallest absolute Gasteiger partial charge is 0.272 e. The number of benzene rings is 1. The molecule has 1 aromatic heterocycles. The van der Waals surface area contributed by atoms with Crippen LogP contribution >= 0.6 is 0 Å². The first-order valence-electron chi connectivity index (χ1n) is 5.33. The number of rotatable bonds is 1. The molecule has 0 saturated heterocycles. The molecule has 0 fully saturated rings. The molecule has 0 bridgehead atoms. The van der Waals surface area contributed by atoms with Crippen molar-refractivity contribution in [3.05, 3.63) is 63.6 Å². The minimum absolute atomic E-state index is 0.158. The zero-order chi connectivity index (χ0) is 12.4. The van der Waals surface area contributed by atoms with Gasteiger partial charge in [0, 0.05) is 11.9 Å². The normalized spacial score (nSPS) is 9.94. The maximum atomic E-state index is 11.9. The van der Waals surface area contributed by atoms with Gasteiger partial charge in [0.05, 0.1) is 0 Å². The van der Waals surface area contributed by atoms with Crippen molar-refractivity contribution in [1.82, 2.24) is 4.57 Å². The third-order valence-electron chi connectivity index (χ3n) is 2.84. The van der Waals surface area contributed by atoms with Crippen LogP contribution < -0.4 is 5.56 Å². The Morgan fingerprint density at radius 1 is 1.18 bits per heavy atom. The zero-order valence-corrected chi connectivity index (χ0v) is 9.77. The van der Waals surface area contributed by atoms with E-state index in [1.807, 2.05) is 38.1 Å². The van der Waals surface area contributed by atoms with Crippen molar-refractivity contribution in [2.45, 2.75) is 13.8 Å². The number of nitrogens with zero attached hydrogens (tertiary/aromatic N) is 2. The van der Waals surface area contributed by atoms with Crippen molar-refractivity contribution in [1.29, 1.82) is 5.26 Å². The Kier molecular flexibility index (Phi) is 2.80. The van der Waals surface area contributed by atoms with Crippen LogP contribution in [0.2, 0.25) is 0 Å². The first kappa shape index (κ1) is 11.2. The molecule has 2 rings (SSSR count). The summed E-state index contributed by atoms with van der Waals surface area (Å²) in [6.07, 6.45) is 1.67. The Hall–Kier alpha value is -2.34. The van der Waals surface area contributed by atoms with E-state index in [1.165, 1.54) is 16.2 Å². The quantitative estimate of drug-likeness (QED) is 0.746. The van der Waals surface area contributed by atoms with E-state index in [1.54, 1.807) is 12.3 Å². The first-order chi connectivity index (χ1) is 8.13. The molecular weight excluding hydrogens is 212 g/mol. The van der Waals surface area contributed by atoms with Crippen molar-refractivity contribution in [2.75, 3.05) is 0 Å². The fraction of sp³-hybridized carbons (Fsp3) is 0.143. The molecule has 0 aliphatic heterocycles. The van der Waals surface area contributed by atoms with Crippen molar-refractivity contribution in [3.63, 3.8) is 0 Å². The summed E-state index contributed by atoms with van der Waals surface area (Å²) in [4.78, 5) is 11.9. The number of nitriles is 1. The Balaban J connectivity index is 2.66. The highest BCUT2D eigenvalue weighted by Gasteiger charge is 2.04. The van der Waals surface area contributed by atoms with Crippen LogP contribution in [-0.4, -0.2) is 4.57 Å². The van der Waals surface area contributed by atoms with Gasteiger partial charge < -0.3 is 0 Å². The lowest BCUT2D eigenvalue weighted by Crippen LogP contribution is -2.19. The van der Waals surface area contributed by atoms with Crippen LogP contribution in [0.15, 0.2) is 41.3 Å². The van der Waals surface area contributed by atoms with Crippen LogP contribution in [0.25, 0.3) is 5.69 Å². The average molecular weight is 224 g/mol. The molecule has 0 unspecified atom stereocenters. The lowest BCUT2D eigenvalue weighted by Gasteiger charge is -2.08. The molecule has 1 heterocycles. The number of pyridine rings is 1. The highest BCUT2D eigenvalue weighted by Crippen LogP contribution is 2.12. The highest BCUT2D eigenvalue weighted by atomic mass is 16.1. The predicted molar refractivity (Wildman–Crippen MR) is 66.2 cm³/mol. The number of hydrogen-bond donors (Lipinski definition) is 0. The second-order valence-electron chi connectivity index (χ2n) is 3.98. The molecule has 84 valence electrons. The fourth-order valence-electron chi connectivity index (χ4n) is 1.66. The lowest BCUT2D eigenvalue weighted by atomic mass is 10.1. The van der Waals surface area contributed by atoms with E-state index in [0.29, 0.717) is 0 Å². The van der Waals surface area contributed by atoms with Gasteiger partial charge in [0.15, 0.2) is 0 Å². The van der Waals surface area contributed by atoms with Gasteiger partial charge in [-0.05, 0) is 49.2 Å². The minimum atomic E-state index is -0.279. The van der Waals surface area contributed by atoms with E-state index in [0.717, 1.165) is 11.3 Å². The molecule has 3 heteroatoms. The molecule has 3 nitrogen and oxygen atoms in total. The molecule has 0 saturated carbocycles. The van der Waals surface area contributed by atoms with Crippen molar-refractivity contribution in [3.8, 4) is 11.8 Å². The molecular formula is C14H12N2O. The summed E-state index contributed by atoms with van der Waals surface area (Å²) in [6.45, 7) is 4.02. The van der Waals surface area contributed by atoms with Gasteiger partial charge in [0.25, 0.3) is 5.56 Å². The van der Waals surface area contributed by atoms with E-state index in [-0.39, 0.29) is 11.1 Å². The SMILES string of the molecule is Cc1ccc(-n2cccc(C#N)c2=O)cc1C. The van der Waals surface area contributed by atoms with Crippen LogP contribution in [0.4, 0.5) is 0 Å². The highest BCUT2D eigenvalue weighted by molar-refractivity contribution is 5.41. The van der Waals surface area contributed by atoms with E-state index >= 15 is 0 Å². The molecule has 0 radical (unpaired) electrons. The third kappa shape index (κ3) is 1.98. The molecule has 0 aliphatic rings. The van der Waals surface area contributed by atoms with Crippen molar-refractivity contribution >= 4 is 0 Å². The van der Waals surface area contributed by atoms with Gasteiger partial charge in [0.2, 0.25) is 0 Å². The maximum Gasteiger partial charge on any atom is 0.272 e. The van der Waals surface area contributed by atoms with Crippen LogP contribution in [0, 0.1) is 25.2 Å². The largest absolute Gasteiger partial charge is 0.283 e. The van der Waals surface area contributed by atoms with Gasteiger partial charge in [-0.2, -0.15) is 5.26 Å². The van der Waals surface area contributed by atoms with Gasteiger partial charge in [-0.3, -0.25) is 9.36 Å². The maximum absolute atomic E-state index is 11.9. The molecule has 0 aliphatic carbocycles. The molecule has 0 spiro atoms. The molecule has 0 N–H and O–H groups in total. The standard InChI is InChI=1S/C14H12N2O/c1-10-5-6-13(8-11(10)2)16-7-3-4-12(9-15)14(16)17/h3-8H,1-2H3. The van der Waals surface area contributed by atoms with Crippen molar-refractivity contribution in [2.24, 2.45) is 0 Å². The Morgan fingerprint density at radius 3 is 2.59 bits per heavy atom. The topological polar surface area (TPSA) is 45.8 Å². The van der Waals surface area contributed by atoms with E-state index < -0.39 is 0 Å². The van der Waals surface area contributed by atoms with E-state index in [2.05, 4.69) is 0 Å². The van der Waals surface area contributed by atoms with Crippen LogP contribution in [0.5, 0.6) is 0 Å². The van der Waals surface area contributed by atoms with E-state index in [4.69, 9.17) is 5.26 Å². The molecule has 2 aromatic rings. The number of aromatic nitrogens is 1. The molecule has 17 heavy (non-hydrogen) atoms. The Bertz CT molecular complexity index is 663. The fourth-order valence-corrected chi connectivity index (χ4v) is 1.66. The molecule has 1 aromatic carbocycles. The summed E-state index contributed by atoms with van der Waals surface area (Å²) in [5.41, 5.74) is 2.97. The number of aryl methyl sites for hydroxylation is 2. The second kappa shape index (κ2) is 4.26. The summed E-state index contributed by atoms with van der Waals surface area (Å²) in [7, 11) is 0. The summed E-state index contributed by atoms with van der Waals surface area (Å²) >= 11 is 0. The van der Waals surface area contributed by atoms with Gasteiger partial charge in [0.1, 0.15) is 11.6 Å².